The van der Waals surface area contributed by atoms with Crippen LogP contribution in [0.3, 0.4) is 0 Å². The summed E-state index contributed by atoms with van der Waals surface area (Å²) in [5.41, 5.74) is -0.471. The molecule has 166 valence electrons. The van der Waals surface area contributed by atoms with Gasteiger partial charge < -0.3 is 18.6 Å². The molecule has 6 nitrogen and oxygen atoms in total. The van der Waals surface area contributed by atoms with Crippen LogP contribution in [0.2, 0.25) is 0 Å². The monoisotopic (exact) mass is 418 g/mol. The average Bonchev–Trinajstić information content (AvgIpc) is 2.68. The molecule has 0 N–H and O–H groups in total. The Balaban J connectivity index is 2.15. The molecule has 0 saturated heterocycles. The van der Waals surface area contributed by atoms with Crippen LogP contribution in [0.15, 0.2) is 27.4 Å². The van der Waals surface area contributed by atoms with Crippen molar-refractivity contribution in [3.05, 3.63) is 28.6 Å². The van der Waals surface area contributed by atoms with E-state index in [1.807, 2.05) is 13.8 Å². The van der Waals surface area contributed by atoms with Crippen molar-refractivity contribution < 1.29 is 23.4 Å². The number of unbranched alkanes of at least 4 members (excludes halogenated alkanes) is 7. The van der Waals surface area contributed by atoms with Gasteiger partial charge in [-0.2, -0.15) is 0 Å². The first-order valence-corrected chi connectivity index (χ1v) is 11.0. The third-order valence-electron chi connectivity index (χ3n) is 4.66. The molecule has 1 aromatic heterocycles. The predicted molar refractivity (Wildman–Crippen MR) is 118 cm³/mol. The highest BCUT2D eigenvalue weighted by Crippen LogP contribution is 2.37. The Morgan fingerprint density at radius 1 is 1.00 bits per heavy atom. The smallest absolute Gasteiger partial charge is 0.383 e. The highest BCUT2D eigenvalue weighted by Gasteiger charge is 2.21. The van der Waals surface area contributed by atoms with Gasteiger partial charge in [0.1, 0.15) is 0 Å². The van der Waals surface area contributed by atoms with Crippen molar-refractivity contribution in [1.82, 2.24) is 0 Å². The van der Waals surface area contributed by atoms with Gasteiger partial charge in [-0.15, -0.1) is 0 Å². The summed E-state index contributed by atoms with van der Waals surface area (Å²) < 4.78 is 22.3. The molecule has 0 fully saturated rings. The quantitative estimate of drug-likeness (QED) is 0.171. The second-order valence-corrected chi connectivity index (χ2v) is 7.76. The first kappa shape index (κ1) is 23.8. The van der Waals surface area contributed by atoms with Crippen LogP contribution in [-0.4, -0.2) is 18.7 Å². The van der Waals surface area contributed by atoms with Crippen molar-refractivity contribution >= 4 is 16.9 Å². The van der Waals surface area contributed by atoms with Crippen LogP contribution in [0.1, 0.15) is 79.1 Å². The van der Waals surface area contributed by atoms with E-state index in [4.69, 9.17) is 18.6 Å². The SMILES string of the molecule is CCCCCCCCCCOc1c(OC(C)C)c(=O)oc2c(OC(C)=O)cccc12. The first-order valence-electron chi connectivity index (χ1n) is 11.0. The number of carbonyl (C=O) groups excluding carboxylic acids is 1. The highest BCUT2D eigenvalue weighted by molar-refractivity contribution is 5.91. The number of hydrogen-bond donors (Lipinski definition) is 0. The van der Waals surface area contributed by atoms with Crippen LogP contribution >= 0.6 is 0 Å². The van der Waals surface area contributed by atoms with Crippen LogP contribution < -0.4 is 19.8 Å². The second-order valence-electron chi connectivity index (χ2n) is 7.76. The van der Waals surface area contributed by atoms with Gasteiger partial charge >= 0.3 is 11.6 Å². The van der Waals surface area contributed by atoms with E-state index in [2.05, 4.69) is 6.92 Å². The zero-order valence-corrected chi connectivity index (χ0v) is 18.6. The summed E-state index contributed by atoms with van der Waals surface area (Å²) >= 11 is 0. The molecule has 0 aliphatic carbocycles. The van der Waals surface area contributed by atoms with E-state index in [9.17, 15) is 9.59 Å². The Morgan fingerprint density at radius 2 is 1.67 bits per heavy atom. The average molecular weight is 419 g/mol. The van der Waals surface area contributed by atoms with E-state index in [1.165, 1.54) is 45.4 Å². The maximum absolute atomic E-state index is 12.6. The first-order chi connectivity index (χ1) is 14.4. The minimum absolute atomic E-state index is 0.0528. The summed E-state index contributed by atoms with van der Waals surface area (Å²) in [7, 11) is 0. The van der Waals surface area contributed by atoms with Gasteiger partial charge in [-0.25, -0.2) is 4.79 Å². The number of rotatable bonds is 13. The lowest BCUT2D eigenvalue weighted by Gasteiger charge is -2.16. The molecule has 0 amide bonds. The fourth-order valence-electron chi connectivity index (χ4n) is 3.28. The van der Waals surface area contributed by atoms with Crippen LogP contribution in [0, 0.1) is 0 Å². The summed E-state index contributed by atoms with van der Waals surface area (Å²) in [5.74, 6) is 0.0862. The minimum atomic E-state index is -0.651. The Bertz CT molecular complexity index is 868. The Labute approximate surface area is 178 Å². The standard InChI is InChI=1S/C24H34O6/c1-5-6-7-8-9-10-11-12-16-27-22-19-14-13-15-20(29-18(4)25)21(19)30-24(26)23(22)28-17(2)3/h13-15,17H,5-12,16H2,1-4H3. The zero-order chi connectivity index (χ0) is 21.9. The lowest BCUT2D eigenvalue weighted by Crippen LogP contribution is -2.16. The molecule has 0 bridgehead atoms. The van der Waals surface area contributed by atoms with E-state index < -0.39 is 11.6 Å². The molecule has 1 heterocycles. The molecule has 6 heteroatoms. The largest absolute Gasteiger partial charge is 0.489 e. The molecule has 0 radical (unpaired) electrons. The summed E-state index contributed by atoms with van der Waals surface area (Å²) in [5, 5.41) is 0.545. The van der Waals surface area contributed by atoms with E-state index >= 15 is 0 Å². The molecular formula is C24H34O6. The van der Waals surface area contributed by atoms with Gasteiger partial charge in [0.2, 0.25) is 5.75 Å². The van der Waals surface area contributed by atoms with Crippen LogP contribution in [0.4, 0.5) is 0 Å². The van der Waals surface area contributed by atoms with Crippen molar-refractivity contribution in [2.45, 2.75) is 85.2 Å². The van der Waals surface area contributed by atoms with Crippen LogP contribution in [-0.2, 0) is 4.79 Å². The minimum Gasteiger partial charge on any atom is -0.489 e. The van der Waals surface area contributed by atoms with E-state index in [0.29, 0.717) is 17.7 Å². The third-order valence-corrected chi connectivity index (χ3v) is 4.66. The summed E-state index contributed by atoms with van der Waals surface area (Å²) in [6, 6.07) is 5.07. The summed E-state index contributed by atoms with van der Waals surface area (Å²) in [6.07, 6.45) is 9.32. The summed E-state index contributed by atoms with van der Waals surface area (Å²) in [4.78, 5) is 24.0. The molecule has 30 heavy (non-hydrogen) atoms. The van der Waals surface area contributed by atoms with Gasteiger partial charge in [-0.05, 0) is 32.4 Å². The fraction of sp³-hybridized carbons (Fsp3) is 0.583. The highest BCUT2D eigenvalue weighted by atomic mass is 16.6. The molecule has 0 spiro atoms. The van der Waals surface area contributed by atoms with Gasteiger partial charge in [0.15, 0.2) is 17.1 Å². The van der Waals surface area contributed by atoms with Gasteiger partial charge in [-0.3, -0.25) is 4.79 Å². The van der Waals surface area contributed by atoms with Crippen LogP contribution in [0.5, 0.6) is 17.2 Å². The number of hydrogen-bond acceptors (Lipinski definition) is 6. The Kier molecular flexibility index (Phi) is 9.71. The third kappa shape index (κ3) is 7.08. The van der Waals surface area contributed by atoms with Crippen molar-refractivity contribution in [3.8, 4) is 17.2 Å². The van der Waals surface area contributed by atoms with Crippen LogP contribution in [0.25, 0.3) is 11.0 Å². The lowest BCUT2D eigenvalue weighted by molar-refractivity contribution is -0.131. The predicted octanol–water partition coefficient (Wildman–Crippen LogP) is 6.03. The number of benzene rings is 1. The molecule has 0 unspecified atom stereocenters. The number of para-hydroxylation sites is 1. The van der Waals surface area contributed by atoms with Crippen molar-refractivity contribution in [2.24, 2.45) is 0 Å². The number of esters is 1. The summed E-state index contributed by atoms with van der Waals surface area (Å²) in [6.45, 7) is 7.66. The van der Waals surface area contributed by atoms with Gasteiger partial charge in [0.05, 0.1) is 18.1 Å². The molecule has 0 atom stereocenters. The maximum Gasteiger partial charge on any atom is 0.383 e. The molecular weight excluding hydrogens is 384 g/mol. The second kappa shape index (κ2) is 12.3. The topological polar surface area (TPSA) is 75.0 Å². The van der Waals surface area contributed by atoms with E-state index in [1.54, 1.807) is 18.2 Å². The molecule has 0 aliphatic heterocycles. The molecule has 1 aromatic carbocycles. The molecule has 2 aromatic rings. The molecule has 0 aliphatic rings. The normalized spacial score (nSPS) is 11.1. The van der Waals surface area contributed by atoms with Gasteiger partial charge in [0.25, 0.3) is 0 Å². The number of fused-ring (bicyclic) bond motifs is 1. The number of ether oxygens (including phenoxy) is 3. The molecule has 2 rings (SSSR count). The fourth-order valence-corrected chi connectivity index (χ4v) is 3.28. The Morgan fingerprint density at radius 3 is 2.30 bits per heavy atom. The Hall–Kier alpha value is -2.50. The van der Waals surface area contributed by atoms with E-state index in [0.717, 1.165) is 12.8 Å². The zero-order valence-electron chi connectivity index (χ0n) is 18.6. The number of carbonyl (C=O) groups is 1. The molecule has 0 saturated carbocycles. The maximum atomic E-state index is 12.6. The van der Waals surface area contributed by atoms with Crippen molar-refractivity contribution in [3.63, 3.8) is 0 Å². The van der Waals surface area contributed by atoms with Crippen molar-refractivity contribution in [2.75, 3.05) is 6.61 Å². The van der Waals surface area contributed by atoms with Gasteiger partial charge in [0, 0.05) is 6.92 Å². The van der Waals surface area contributed by atoms with Gasteiger partial charge in [-0.1, -0.05) is 57.9 Å². The van der Waals surface area contributed by atoms with E-state index in [-0.39, 0.29) is 23.2 Å². The lowest BCUT2D eigenvalue weighted by atomic mass is 10.1. The van der Waals surface area contributed by atoms with Crippen molar-refractivity contribution in [1.29, 1.82) is 0 Å².